The highest BCUT2D eigenvalue weighted by atomic mass is 35.5. The van der Waals surface area contributed by atoms with Crippen molar-refractivity contribution in [1.82, 2.24) is 4.90 Å². The van der Waals surface area contributed by atoms with Crippen molar-refractivity contribution in [2.45, 2.75) is 6.18 Å². The molecule has 0 saturated heterocycles. The molecule has 0 bridgehead atoms. The average Bonchev–Trinajstić information content (AvgIpc) is 2.86. The monoisotopic (exact) mass is 576 g/mol. The second-order valence-electron chi connectivity index (χ2n) is 7.73. The number of methoxy groups -OCH3 is 2. The Morgan fingerprint density at radius 2 is 1.51 bits per heavy atom. The molecule has 0 heterocycles. The van der Waals surface area contributed by atoms with Crippen LogP contribution in [0.1, 0.15) is 15.9 Å². The van der Waals surface area contributed by atoms with Crippen molar-refractivity contribution in [1.29, 1.82) is 0 Å². The van der Waals surface area contributed by atoms with E-state index in [0.29, 0.717) is 15.9 Å². The van der Waals surface area contributed by atoms with E-state index in [4.69, 9.17) is 25.8 Å². The molecular weight excluding hydrogens is 558 g/mol. The van der Waals surface area contributed by atoms with E-state index >= 15 is 4.39 Å². The first-order valence-electron chi connectivity index (χ1n) is 10.8. The number of carbonyl (C=O) groups excluding carboxylic acids is 2. The number of hydrogen-bond acceptors (Lipinski definition) is 5. The number of hydrogen-bond donors (Lipinski definition) is 0. The Morgan fingerprint density at radius 1 is 0.872 bits per heavy atom. The van der Waals surface area contributed by atoms with Crippen molar-refractivity contribution >= 4 is 29.2 Å². The third-order valence-electron chi connectivity index (χ3n) is 5.10. The summed E-state index contributed by atoms with van der Waals surface area (Å²) in [5, 5.41) is -0.389. The second-order valence-corrected chi connectivity index (χ2v) is 8.14. The number of urea groups is 1. The van der Waals surface area contributed by atoms with Crippen LogP contribution in [0.5, 0.6) is 11.5 Å². The normalized spacial score (nSPS) is 11.3. The predicted molar refractivity (Wildman–Crippen MR) is 127 cm³/mol. The molecule has 0 N–H and O–H groups in total. The largest absolute Gasteiger partial charge is 0.456 e. The molecule has 39 heavy (non-hydrogen) atoms. The van der Waals surface area contributed by atoms with Gasteiger partial charge in [-0.15, -0.1) is 0 Å². The number of anilines is 1. The summed E-state index contributed by atoms with van der Waals surface area (Å²) in [6, 6.07) is 6.76. The molecular formula is C25H19ClF6N2O5. The highest BCUT2D eigenvalue weighted by molar-refractivity contribution is 6.32. The van der Waals surface area contributed by atoms with E-state index in [0.717, 1.165) is 49.6 Å². The van der Waals surface area contributed by atoms with Gasteiger partial charge in [-0.3, -0.25) is 9.69 Å². The van der Waals surface area contributed by atoms with Gasteiger partial charge in [0.25, 0.3) is 5.91 Å². The second kappa shape index (κ2) is 12.4. The van der Waals surface area contributed by atoms with Crippen LogP contribution in [0.3, 0.4) is 0 Å². The van der Waals surface area contributed by atoms with Crippen LogP contribution in [0.15, 0.2) is 54.6 Å². The van der Waals surface area contributed by atoms with Gasteiger partial charge in [0.15, 0.2) is 5.82 Å². The lowest BCUT2D eigenvalue weighted by Gasteiger charge is -2.29. The molecule has 3 aromatic carbocycles. The van der Waals surface area contributed by atoms with Crippen LogP contribution in [0.2, 0.25) is 5.02 Å². The molecule has 0 aliphatic rings. The van der Waals surface area contributed by atoms with Crippen LogP contribution in [-0.4, -0.2) is 44.5 Å². The van der Waals surface area contributed by atoms with Crippen LogP contribution >= 0.6 is 11.6 Å². The summed E-state index contributed by atoms with van der Waals surface area (Å²) in [7, 11) is 2.28. The van der Waals surface area contributed by atoms with E-state index in [2.05, 4.69) is 0 Å². The van der Waals surface area contributed by atoms with E-state index in [1.165, 1.54) is 13.2 Å². The average molecular weight is 577 g/mol. The summed E-state index contributed by atoms with van der Waals surface area (Å²) >= 11 is 5.87. The molecule has 3 rings (SSSR count). The predicted octanol–water partition coefficient (Wildman–Crippen LogP) is 6.85. The minimum absolute atomic E-state index is 0.194. The van der Waals surface area contributed by atoms with Gasteiger partial charge in [-0.25, -0.2) is 22.9 Å². The molecule has 0 unspecified atom stereocenters. The summed E-state index contributed by atoms with van der Waals surface area (Å²) in [4.78, 5) is 27.2. The number of nitrogens with zero attached hydrogens (tertiary/aromatic N) is 2. The topological polar surface area (TPSA) is 68.3 Å². The van der Waals surface area contributed by atoms with E-state index in [9.17, 15) is 31.5 Å². The highest BCUT2D eigenvalue weighted by Gasteiger charge is 2.33. The first kappa shape index (κ1) is 29.7. The number of carbonyl (C=O) groups is 2. The van der Waals surface area contributed by atoms with E-state index < -0.39 is 65.8 Å². The Labute approximate surface area is 223 Å². The SMILES string of the molecule is COCN(C(=O)c1c(F)cccc1F)C(=O)N(COC)c1ccc(Oc2ccc(C(F)(F)F)cc2Cl)cc1F. The van der Waals surface area contributed by atoms with E-state index in [1.807, 2.05) is 0 Å². The van der Waals surface area contributed by atoms with Gasteiger partial charge in [-0.05, 0) is 42.5 Å². The maximum atomic E-state index is 15.1. The number of amides is 3. The van der Waals surface area contributed by atoms with Crippen molar-refractivity contribution in [3.8, 4) is 11.5 Å². The van der Waals surface area contributed by atoms with Crippen LogP contribution < -0.4 is 9.64 Å². The Balaban J connectivity index is 1.92. The van der Waals surface area contributed by atoms with Crippen LogP contribution in [-0.2, 0) is 15.7 Å². The zero-order valence-corrected chi connectivity index (χ0v) is 20.9. The number of benzene rings is 3. The fourth-order valence-electron chi connectivity index (χ4n) is 3.33. The maximum Gasteiger partial charge on any atom is 0.416 e. The number of halogens is 7. The minimum Gasteiger partial charge on any atom is -0.456 e. The van der Waals surface area contributed by atoms with Crippen molar-refractivity contribution < 1.29 is 50.1 Å². The lowest BCUT2D eigenvalue weighted by atomic mass is 10.1. The van der Waals surface area contributed by atoms with Crippen molar-refractivity contribution in [2.75, 3.05) is 32.6 Å². The molecule has 0 atom stereocenters. The molecule has 0 aliphatic heterocycles. The summed E-state index contributed by atoms with van der Waals surface area (Å²) in [6.07, 6.45) is -4.64. The third-order valence-corrected chi connectivity index (χ3v) is 5.39. The summed E-state index contributed by atoms with van der Waals surface area (Å²) in [5.41, 5.74) is -2.48. The summed E-state index contributed by atoms with van der Waals surface area (Å²) in [6.45, 7) is -1.35. The van der Waals surface area contributed by atoms with Gasteiger partial charge in [0.05, 0.1) is 16.3 Å². The molecule has 0 fully saturated rings. The smallest absolute Gasteiger partial charge is 0.416 e. The zero-order chi connectivity index (χ0) is 28.9. The quantitative estimate of drug-likeness (QED) is 0.217. The lowest BCUT2D eigenvalue weighted by Crippen LogP contribution is -2.48. The van der Waals surface area contributed by atoms with Gasteiger partial charge in [0.1, 0.15) is 42.2 Å². The van der Waals surface area contributed by atoms with Gasteiger partial charge >= 0.3 is 12.2 Å². The van der Waals surface area contributed by atoms with Crippen molar-refractivity contribution in [2.24, 2.45) is 0 Å². The summed E-state index contributed by atoms with van der Waals surface area (Å²) in [5.74, 6) is -5.34. The molecule has 0 aliphatic carbocycles. The van der Waals surface area contributed by atoms with Crippen LogP contribution in [0.4, 0.5) is 36.8 Å². The van der Waals surface area contributed by atoms with Crippen molar-refractivity contribution in [3.05, 3.63) is 88.2 Å². The fourth-order valence-corrected chi connectivity index (χ4v) is 3.55. The molecule has 14 heteroatoms. The van der Waals surface area contributed by atoms with E-state index in [1.54, 1.807) is 0 Å². The Bertz CT molecular complexity index is 1350. The van der Waals surface area contributed by atoms with Crippen LogP contribution in [0, 0.1) is 17.5 Å². The Hall–Kier alpha value is -3.81. The van der Waals surface area contributed by atoms with Gasteiger partial charge < -0.3 is 14.2 Å². The number of rotatable bonds is 8. The standard InChI is InChI=1S/C25H19ClF6N2O5/c1-37-12-33(24(36)34(13-38-2)23(35)22-17(27)4-3-5-18(22)28)20-8-7-15(11-19(20)29)39-21-9-6-14(10-16(21)26)25(30,31)32/h3-11H,12-13H2,1-2H3. The van der Waals surface area contributed by atoms with Crippen LogP contribution in [0.25, 0.3) is 0 Å². The van der Waals surface area contributed by atoms with E-state index in [-0.39, 0.29) is 16.5 Å². The minimum atomic E-state index is -4.64. The number of alkyl halides is 3. The number of ether oxygens (including phenoxy) is 3. The zero-order valence-electron chi connectivity index (χ0n) is 20.2. The van der Waals surface area contributed by atoms with Gasteiger partial charge in [-0.1, -0.05) is 17.7 Å². The maximum absolute atomic E-state index is 15.1. The first-order chi connectivity index (χ1) is 18.4. The molecule has 0 radical (unpaired) electrons. The molecule has 3 amide bonds. The fraction of sp³-hybridized carbons (Fsp3) is 0.200. The van der Waals surface area contributed by atoms with Gasteiger partial charge in [-0.2, -0.15) is 13.2 Å². The Kier molecular flexibility index (Phi) is 9.43. The first-order valence-corrected chi connectivity index (χ1v) is 11.2. The number of imide groups is 1. The van der Waals surface area contributed by atoms with Gasteiger partial charge in [0, 0.05) is 20.3 Å². The molecule has 0 aromatic heterocycles. The summed E-state index contributed by atoms with van der Waals surface area (Å²) < 4.78 is 97.3. The third kappa shape index (κ3) is 6.80. The molecule has 3 aromatic rings. The molecule has 0 spiro atoms. The highest BCUT2D eigenvalue weighted by Crippen LogP contribution is 2.37. The Morgan fingerprint density at radius 3 is 2.05 bits per heavy atom. The van der Waals surface area contributed by atoms with Crippen molar-refractivity contribution in [3.63, 3.8) is 0 Å². The lowest BCUT2D eigenvalue weighted by molar-refractivity contribution is -0.137. The van der Waals surface area contributed by atoms with Gasteiger partial charge in [0.2, 0.25) is 0 Å². The molecule has 0 saturated carbocycles. The molecule has 208 valence electrons. The molecule has 7 nitrogen and oxygen atoms in total.